The van der Waals surface area contributed by atoms with Crippen LogP contribution in [0.25, 0.3) is 0 Å². The van der Waals surface area contributed by atoms with Crippen molar-refractivity contribution in [2.75, 3.05) is 6.61 Å². The molecular formula is C19H24O3. The number of ether oxygens (including phenoxy) is 1. The lowest BCUT2D eigenvalue weighted by molar-refractivity contribution is -0.137. The van der Waals surface area contributed by atoms with Gasteiger partial charge in [-0.3, -0.25) is 4.79 Å². The van der Waals surface area contributed by atoms with Crippen molar-refractivity contribution in [3.8, 4) is 0 Å². The van der Waals surface area contributed by atoms with E-state index < -0.39 is 11.8 Å². The minimum absolute atomic E-state index is 0.235. The molecule has 0 N–H and O–H groups in total. The molecule has 3 rings (SSSR count). The summed E-state index contributed by atoms with van der Waals surface area (Å²) >= 11 is 0. The van der Waals surface area contributed by atoms with Crippen LogP contribution in [-0.4, -0.2) is 18.4 Å². The quantitative estimate of drug-likeness (QED) is 0.483. The molecule has 0 saturated heterocycles. The zero-order chi connectivity index (χ0) is 15.5. The largest absolute Gasteiger partial charge is 0.460 e. The van der Waals surface area contributed by atoms with Crippen LogP contribution in [0.4, 0.5) is 0 Å². The maximum absolute atomic E-state index is 12.0. The Morgan fingerprint density at radius 2 is 1.77 bits per heavy atom. The molecule has 2 aliphatic carbocycles. The Bertz CT molecular complexity index is 570. The van der Waals surface area contributed by atoms with Crippen LogP contribution in [0, 0.1) is 11.8 Å². The van der Waals surface area contributed by atoms with Crippen LogP contribution in [0.15, 0.2) is 18.2 Å². The Morgan fingerprint density at radius 3 is 2.50 bits per heavy atom. The molecule has 0 spiro atoms. The van der Waals surface area contributed by atoms with Crippen molar-refractivity contribution >= 4 is 11.8 Å². The number of fused-ring (bicyclic) bond motifs is 1. The zero-order valence-corrected chi connectivity index (χ0v) is 13.3. The Balaban J connectivity index is 1.71. The van der Waals surface area contributed by atoms with E-state index in [2.05, 4.69) is 0 Å². The lowest BCUT2D eigenvalue weighted by Crippen LogP contribution is -2.18. The lowest BCUT2D eigenvalue weighted by atomic mass is 9.79. The molecule has 0 aliphatic heterocycles. The van der Waals surface area contributed by atoms with Gasteiger partial charge in [-0.05, 0) is 48.8 Å². The highest BCUT2D eigenvalue weighted by molar-refractivity contribution is 6.40. The maximum Gasteiger partial charge on any atom is 0.379 e. The van der Waals surface area contributed by atoms with Crippen LogP contribution in [0.1, 0.15) is 60.5 Å². The standard InChI is InChI=1S/C19H24O3/c1-2-22-19(21)18(20)15-9-8-14-10-16(12-17(14)11-15)13-6-4-3-5-7-13/h8-9,11,13,16H,2-7,10,12H2,1H3/t16-/m1/s1. The molecule has 118 valence electrons. The summed E-state index contributed by atoms with van der Waals surface area (Å²) in [5, 5.41) is 0. The third-order valence-electron chi connectivity index (χ3n) is 5.21. The van der Waals surface area contributed by atoms with Gasteiger partial charge in [0, 0.05) is 5.56 Å². The average Bonchev–Trinajstić information content (AvgIpc) is 2.98. The fraction of sp³-hybridized carbons (Fsp3) is 0.579. The second kappa shape index (κ2) is 6.64. The summed E-state index contributed by atoms with van der Waals surface area (Å²) in [6.07, 6.45) is 9.01. The molecule has 1 fully saturated rings. The van der Waals surface area contributed by atoms with E-state index in [1.165, 1.54) is 43.2 Å². The smallest absolute Gasteiger partial charge is 0.379 e. The summed E-state index contributed by atoms with van der Waals surface area (Å²) < 4.78 is 4.81. The van der Waals surface area contributed by atoms with Crippen molar-refractivity contribution in [1.82, 2.24) is 0 Å². The second-order valence-corrected chi connectivity index (χ2v) is 6.60. The molecule has 0 radical (unpaired) electrons. The minimum Gasteiger partial charge on any atom is -0.460 e. The van der Waals surface area contributed by atoms with E-state index in [0.717, 1.165) is 24.7 Å². The zero-order valence-electron chi connectivity index (χ0n) is 13.3. The number of benzene rings is 1. The van der Waals surface area contributed by atoms with Crippen LogP contribution in [0.5, 0.6) is 0 Å². The predicted molar refractivity (Wildman–Crippen MR) is 84.9 cm³/mol. The molecule has 2 aliphatic rings. The molecule has 0 aromatic heterocycles. The number of hydrogen-bond acceptors (Lipinski definition) is 3. The van der Waals surface area contributed by atoms with E-state index in [1.807, 2.05) is 12.1 Å². The van der Waals surface area contributed by atoms with Gasteiger partial charge in [0.05, 0.1) is 6.61 Å². The highest BCUT2D eigenvalue weighted by atomic mass is 16.5. The van der Waals surface area contributed by atoms with Crippen LogP contribution < -0.4 is 0 Å². The predicted octanol–water partition coefficient (Wildman–Crippen LogP) is 3.73. The van der Waals surface area contributed by atoms with Gasteiger partial charge in [-0.15, -0.1) is 0 Å². The highest BCUT2D eigenvalue weighted by Gasteiger charge is 2.30. The highest BCUT2D eigenvalue weighted by Crippen LogP contribution is 2.38. The van der Waals surface area contributed by atoms with Gasteiger partial charge in [-0.1, -0.05) is 44.2 Å². The molecule has 0 unspecified atom stereocenters. The first kappa shape index (κ1) is 15.3. The molecule has 0 amide bonds. The maximum atomic E-state index is 12.0. The van der Waals surface area contributed by atoms with Crippen molar-refractivity contribution in [3.05, 3.63) is 34.9 Å². The number of carbonyl (C=O) groups is 2. The number of hydrogen-bond donors (Lipinski definition) is 0. The fourth-order valence-corrected chi connectivity index (χ4v) is 4.05. The normalized spacial score (nSPS) is 21.4. The summed E-state index contributed by atoms with van der Waals surface area (Å²) in [6.45, 7) is 1.95. The van der Waals surface area contributed by atoms with E-state index in [0.29, 0.717) is 5.56 Å². The molecular weight excluding hydrogens is 276 g/mol. The van der Waals surface area contributed by atoms with Gasteiger partial charge < -0.3 is 4.74 Å². The molecule has 1 aromatic rings. The monoisotopic (exact) mass is 300 g/mol. The molecule has 1 atom stereocenters. The van der Waals surface area contributed by atoms with Crippen molar-refractivity contribution in [3.63, 3.8) is 0 Å². The molecule has 3 heteroatoms. The fourth-order valence-electron chi connectivity index (χ4n) is 4.05. The topological polar surface area (TPSA) is 43.4 Å². The Kier molecular flexibility index (Phi) is 4.60. The van der Waals surface area contributed by atoms with Crippen LogP contribution in [-0.2, 0) is 22.4 Å². The van der Waals surface area contributed by atoms with Crippen LogP contribution in [0.2, 0.25) is 0 Å². The summed E-state index contributed by atoms with van der Waals surface area (Å²) in [7, 11) is 0. The molecule has 1 saturated carbocycles. The third-order valence-corrected chi connectivity index (χ3v) is 5.21. The summed E-state index contributed by atoms with van der Waals surface area (Å²) in [4.78, 5) is 23.6. The average molecular weight is 300 g/mol. The molecule has 22 heavy (non-hydrogen) atoms. The van der Waals surface area contributed by atoms with Gasteiger partial charge >= 0.3 is 5.97 Å². The SMILES string of the molecule is CCOC(=O)C(=O)c1ccc2c(c1)C[C@H](C1CCCCC1)C2. The first-order valence-electron chi connectivity index (χ1n) is 8.52. The van der Waals surface area contributed by atoms with Gasteiger partial charge in [-0.2, -0.15) is 0 Å². The van der Waals surface area contributed by atoms with Gasteiger partial charge in [0.1, 0.15) is 0 Å². The van der Waals surface area contributed by atoms with E-state index in [-0.39, 0.29) is 6.61 Å². The van der Waals surface area contributed by atoms with Gasteiger partial charge in [0.15, 0.2) is 0 Å². The van der Waals surface area contributed by atoms with E-state index in [4.69, 9.17) is 4.74 Å². The van der Waals surface area contributed by atoms with E-state index >= 15 is 0 Å². The minimum atomic E-state index is -0.746. The number of rotatable bonds is 4. The van der Waals surface area contributed by atoms with Crippen molar-refractivity contribution in [1.29, 1.82) is 0 Å². The van der Waals surface area contributed by atoms with Gasteiger partial charge in [0.25, 0.3) is 5.78 Å². The van der Waals surface area contributed by atoms with E-state index in [9.17, 15) is 9.59 Å². The van der Waals surface area contributed by atoms with Gasteiger partial charge in [0.2, 0.25) is 0 Å². The Labute approximate surface area is 132 Å². The van der Waals surface area contributed by atoms with Gasteiger partial charge in [-0.25, -0.2) is 4.79 Å². The lowest BCUT2D eigenvalue weighted by Gasteiger charge is -2.27. The Morgan fingerprint density at radius 1 is 1.05 bits per heavy atom. The number of carbonyl (C=O) groups excluding carboxylic acids is 2. The number of esters is 1. The second-order valence-electron chi connectivity index (χ2n) is 6.60. The summed E-state index contributed by atoms with van der Waals surface area (Å²) in [5.74, 6) is 0.295. The van der Waals surface area contributed by atoms with Crippen LogP contribution >= 0.6 is 0 Å². The first-order chi connectivity index (χ1) is 10.7. The first-order valence-corrected chi connectivity index (χ1v) is 8.52. The molecule has 1 aromatic carbocycles. The van der Waals surface area contributed by atoms with Crippen molar-refractivity contribution < 1.29 is 14.3 Å². The third kappa shape index (κ3) is 3.08. The number of Topliss-reactive ketones (excluding diaryl/α,β-unsaturated/α-hetero) is 1. The molecule has 0 bridgehead atoms. The van der Waals surface area contributed by atoms with Crippen LogP contribution in [0.3, 0.4) is 0 Å². The number of ketones is 1. The molecule has 0 heterocycles. The summed E-state index contributed by atoms with van der Waals surface area (Å²) in [6, 6.07) is 5.73. The van der Waals surface area contributed by atoms with Crippen molar-refractivity contribution in [2.45, 2.75) is 51.9 Å². The molecule has 3 nitrogen and oxygen atoms in total. The van der Waals surface area contributed by atoms with Crippen molar-refractivity contribution in [2.24, 2.45) is 11.8 Å². The van der Waals surface area contributed by atoms with E-state index in [1.54, 1.807) is 13.0 Å². The Hall–Kier alpha value is -1.64. The summed E-state index contributed by atoms with van der Waals surface area (Å²) in [5.41, 5.74) is 3.09.